The number of hydrogen-bond donors (Lipinski definition) is 1. The number of nitrogens with two attached hydrogens (primary N) is 1. The number of thioether (sulfide) groups is 1. The van der Waals surface area contributed by atoms with E-state index in [1.54, 1.807) is 11.8 Å². The molecule has 0 bridgehead atoms. The second-order valence-electron chi connectivity index (χ2n) is 3.25. The van der Waals surface area contributed by atoms with Crippen LogP contribution in [0, 0.1) is 0 Å². The minimum atomic E-state index is 0.137. The second-order valence-corrected chi connectivity index (χ2v) is 6.49. The van der Waals surface area contributed by atoms with Crippen molar-refractivity contribution in [3.63, 3.8) is 0 Å². The molecular formula is C9H12N6OS3. The van der Waals surface area contributed by atoms with Gasteiger partial charge in [0.05, 0.1) is 6.61 Å². The van der Waals surface area contributed by atoms with Crippen molar-refractivity contribution in [1.82, 2.24) is 25.1 Å². The highest BCUT2D eigenvalue weighted by molar-refractivity contribution is 8.02. The topological polar surface area (TPSA) is 99.7 Å². The Kier molecular flexibility index (Phi) is 5.16. The van der Waals surface area contributed by atoms with E-state index in [2.05, 4.69) is 25.1 Å². The summed E-state index contributed by atoms with van der Waals surface area (Å²) in [5.74, 6) is 0.137. The van der Waals surface area contributed by atoms with E-state index in [9.17, 15) is 0 Å². The first-order chi connectivity index (χ1) is 9.21. The Morgan fingerprint density at radius 2 is 2.00 bits per heavy atom. The molecule has 0 aliphatic heterocycles. The van der Waals surface area contributed by atoms with Crippen LogP contribution in [-0.4, -0.2) is 38.0 Å². The first kappa shape index (κ1) is 14.3. The molecule has 0 unspecified atom stereocenters. The summed E-state index contributed by atoms with van der Waals surface area (Å²) in [6.07, 6.45) is 2.83. The van der Waals surface area contributed by atoms with Crippen LogP contribution < -0.4 is 10.5 Å². The highest BCUT2D eigenvalue weighted by Gasteiger charge is 2.11. The molecule has 0 saturated carbocycles. The van der Waals surface area contributed by atoms with Gasteiger partial charge in [-0.25, -0.2) is 0 Å². The molecule has 19 heavy (non-hydrogen) atoms. The van der Waals surface area contributed by atoms with Crippen molar-refractivity contribution in [2.75, 3.05) is 18.6 Å². The Morgan fingerprint density at radius 1 is 1.21 bits per heavy atom. The Hall–Kier alpha value is -1.13. The molecule has 2 aromatic heterocycles. The van der Waals surface area contributed by atoms with Crippen molar-refractivity contribution >= 4 is 40.8 Å². The molecule has 0 radical (unpaired) electrons. The molecule has 0 aromatic carbocycles. The first-order valence-electron chi connectivity index (χ1n) is 5.41. The number of nitrogens with zero attached hydrogens (tertiary/aromatic N) is 5. The molecule has 7 nitrogen and oxygen atoms in total. The van der Waals surface area contributed by atoms with Gasteiger partial charge in [0.15, 0.2) is 8.68 Å². The Bertz CT molecular complexity index is 549. The van der Waals surface area contributed by atoms with Gasteiger partial charge in [-0.3, -0.25) is 0 Å². The quantitative estimate of drug-likeness (QED) is 0.801. The summed E-state index contributed by atoms with van der Waals surface area (Å²) in [5, 5.41) is 8.50. The normalized spacial score (nSPS) is 10.6. The zero-order chi connectivity index (χ0) is 13.7. The average Bonchev–Trinajstić information content (AvgIpc) is 2.83. The predicted octanol–water partition coefficient (Wildman–Crippen LogP) is 1.97. The fraction of sp³-hybridized carbons (Fsp3) is 0.444. The van der Waals surface area contributed by atoms with Crippen molar-refractivity contribution in [3.8, 4) is 6.01 Å². The number of ether oxygens (including phenoxy) is 1. The Labute approximate surface area is 122 Å². The van der Waals surface area contributed by atoms with Gasteiger partial charge in [-0.2, -0.15) is 15.0 Å². The lowest BCUT2D eigenvalue weighted by Gasteiger charge is -2.03. The maximum Gasteiger partial charge on any atom is 0.322 e. The molecule has 2 heterocycles. The molecule has 0 fully saturated rings. The molecule has 0 aliphatic carbocycles. The average molecular weight is 316 g/mol. The van der Waals surface area contributed by atoms with E-state index in [0.29, 0.717) is 11.8 Å². The van der Waals surface area contributed by atoms with Gasteiger partial charge in [0.1, 0.15) is 0 Å². The van der Waals surface area contributed by atoms with Gasteiger partial charge >= 0.3 is 6.01 Å². The summed E-state index contributed by atoms with van der Waals surface area (Å²) < 4.78 is 7.00. The van der Waals surface area contributed by atoms with Gasteiger partial charge in [0.25, 0.3) is 0 Å². The maximum atomic E-state index is 5.62. The third-order valence-corrected chi connectivity index (χ3v) is 4.60. The molecule has 2 rings (SSSR count). The first-order valence-corrected chi connectivity index (χ1v) is 8.26. The zero-order valence-electron chi connectivity index (χ0n) is 10.4. The van der Waals surface area contributed by atoms with Crippen LogP contribution >= 0.6 is 34.9 Å². The minimum absolute atomic E-state index is 0.137. The molecule has 0 amide bonds. The van der Waals surface area contributed by atoms with Gasteiger partial charge in [-0.05, 0) is 24.4 Å². The van der Waals surface area contributed by atoms with Crippen molar-refractivity contribution < 1.29 is 4.74 Å². The summed E-state index contributed by atoms with van der Waals surface area (Å²) in [6.45, 7) is 2.55. The number of aromatic nitrogens is 5. The highest BCUT2D eigenvalue weighted by atomic mass is 32.2. The smallest absolute Gasteiger partial charge is 0.322 e. The summed E-state index contributed by atoms with van der Waals surface area (Å²) in [7, 11) is 0. The van der Waals surface area contributed by atoms with Gasteiger partial charge in [-0.1, -0.05) is 30.0 Å². The van der Waals surface area contributed by atoms with E-state index in [1.165, 1.54) is 23.1 Å². The van der Waals surface area contributed by atoms with Crippen LogP contribution in [0.2, 0.25) is 0 Å². The van der Waals surface area contributed by atoms with Crippen molar-refractivity contribution in [3.05, 3.63) is 0 Å². The van der Waals surface area contributed by atoms with Gasteiger partial charge in [-0.15, -0.1) is 10.2 Å². The summed E-state index contributed by atoms with van der Waals surface area (Å²) >= 11 is 4.32. The Balaban J connectivity index is 2.12. The van der Waals surface area contributed by atoms with E-state index >= 15 is 0 Å². The van der Waals surface area contributed by atoms with Crippen LogP contribution in [0.5, 0.6) is 6.01 Å². The zero-order valence-corrected chi connectivity index (χ0v) is 12.8. The van der Waals surface area contributed by atoms with E-state index in [4.69, 9.17) is 10.5 Å². The van der Waals surface area contributed by atoms with Crippen LogP contribution in [0.4, 0.5) is 5.95 Å². The number of nitrogen functional groups attached to an aromatic ring is 1. The van der Waals surface area contributed by atoms with Crippen LogP contribution in [0.15, 0.2) is 13.8 Å². The largest absolute Gasteiger partial charge is 0.463 e. The molecule has 0 aliphatic rings. The lowest BCUT2D eigenvalue weighted by atomic mass is 10.5. The van der Waals surface area contributed by atoms with Gasteiger partial charge in [0, 0.05) is 0 Å². The van der Waals surface area contributed by atoms with Gasteiger partial charge < -0.3 is 10.5 Å². The third kappa shape index (κ3) is 4.18. The molecule has 0 spiro atoms. The molecule has 0 atom stereocenters. The molecule has 2 N–H and O–H groups in total. The third-order valence-electron chi connectivity index (χ3n) is 1.79. The number of hydrogen-bond acceptors (Lipinski definition) is 10. The number of rotatable bonds is 6. The summed E-state index contributed by atoms with van der Waals surface area (Å²) in [6, 6.07) is 0.242. The standard InChI is InChI=1S/C9H12N6OS3/c1-3-4-16-6-11-5(10)12-7(13-6)18-9-15-14-8(17-2)19-9/h3-4H2,1-2H3,(H2,10,11,12,13). The van der Waals surface area contributed by atoms with Crippen molar-refractivity contribution in [1.29, 1.82) is 0 Å². The van der Waals surface area contributed by atoms with Crippen LogP contribution in [0.3, 0.4) is 0 Å². The summed E-state index contributed by atoms with van der Waals surface area (Å²) in [5.41, 5.74) is 5.62. The fourth-order valence-corrected chi connectivity index (χ4v) is 3.35. The monoisotopic (exact) mass is 316 g/mol. The minimum Gasteiger partial charge on any atom is -0.463 e. The lowest BCUT2D eigenvalue weighted by molar-refractivity contribution is 0.288. The second kappa shape index (κ2) is 6.87. The lowest BCUT2D eigenvalue weighted by Crippen LogP contribution is -2.05. The van der Waals surface area contributed by atoms with Crippen LogP contribution in [0.1, 0.15) is 13.3 Å². The van der Waals surface area contributed by atoms with E-state index in [1.807, 2.05) is 13.2 Å². The van der Waals surface area contributed by atoms with Gasteiger partial charge in [0.2, 0.25) is 11.1 Å². The van der Waals surface area contributed by atoms with Crippen molar-refractivity contribution in [2.24, 2.45) is 0 Å². The number of anilines is 1. The molecule has 102 valence electrons. The van der Waals surface area contributed by atoms with E-state index in [-0.39, 0.29) is 12.0 Å². The van der Waals surface area contributed by atoms with E-state index < -0.39 is 0 Å². The summed E-state index contributed by atoms with van der Waals surface area (Å²) in [4.78, 5) is 12.1. The molecular weight excluding hydrogens is 304 g/mol. The van der Waals surface area contributed by atoms with E-state index in [0.717, 1.165) is 15.1 Å². The fourth-order valence-electron chi connectivity index (χ4n) is 1.06. The van der Waals surface area contributed by atoms with Crippen LogP contribution in [-0.2, 0) is 0 Å². The Morgan fingerprint density at radius 3 is 2.68 bits per heavy atom. The maximum absolute atomic E-state index is 5.62. The van der Waals surface area contributed by atoms with Crippen molar-refractivity contribution in [2.45, 2.75) is 27.2 Å². The SMILES string of the molecule is CCCOc1nc(N)nc(Sc2nnc(SC)s2)n1. The van der Waals surface area contributed by atoms with Crippen LogP contribution in [0.25, 0.3) is 0 Å². The highest BCUT2D eigenvalue weighted by Crippen LogP contribution is 2.31. The molecule has 2 aromatic rings. The molecule has 0 saturated heterocycles. The molecule has 10 heteroatoms. The predicted molar refractivity (Wildman–Crippen MR) is 75.8 cm³/mol.